The molecule has 0 spiro atoms. The maximum atomic E-state index is 12.9. The number of aryl methyl sites for hydroxylation is 1. The molecular weight excluding hydrogens is 319 g/mol. The summed E-state index contributed by atoms with van der Waals surface area (Å²) in [5.41, 5.74) is -0.646. The molecule has 9 heteroatoms. The Bertz CT molecular complexity index is 571. The third-order valence-corrected chi connectivity index (χ3v) is 3.86. The van der Waals surface area contributed by atoms with Crippen LogP contribution in [0.3, 0.4) is 0 Å². The van der Waals surface area contributed by atoms with Crippen LogP contribution in [-0.4, -0.2) is 48.1 Å². The van der Waals surface area contributed by atoms with Gasteiger partial charge in [-0.05, 0) is 19.4 Å². The van der Waals surface area contributed by atoms with Crippen molar-refractivity contribution < 1.29 is 37.3 Å². The van der Waals surface area contributed by atoms with Crippen LogP contribution in [-0.2, 0) is 10.9 Å². The summed E-state index contributed by atoms with van der Waals surface area (Å²) in [4.78, 5) is 12.1. The quantitative estimate of drug-likeness (QED) is 0.765. The first kappa shape index (κ1) is 17.8. The molecule has 1 aliphatic carbocycles. The molecule has 130 valence electrons. The summed E-state index contributed by atoms with van der Waals surface area (Å²) in [6.45, 7) is 1.47. The van der Waals surface area contributed by atoms with Crippen molar-refractivity contribution in [3.63, 3.8) is 0 Å². The van der Waals surface area contributed by atoms with Gasteiger partial charge < -0.3 is 24.7 Å². The van der Waals surface area contributed by atoms with Crippen LogP contribution in [0, 0.1) is 12.8 Å². The van der Waals surface area contributed by atoms with E-state index in [1.54, 1.807) is 0 Å². The van der Waals surface area contributed by atoms with Gasteiger partial charge in [-0.2, -0.15) is 13.2 Å². The number of carbonyl (C=O) groups is 1. The molecule has 3 N–H and O–H groups in total. The molecular formula is C14H18F3NO5. The van der Waals surface area contributed by atoms with Crippen molar-refractivity contribution in [2.24, 2.45) is 5.92 Å². The van der Waals surface area contributed by atoms with E-state index >= 15 is 0 Å². The number of carbonyl (C=O) groups excluding carboxylic acids is 1. The highest BCUT2D eigenvalue weighted by molar-refractivity contribution is 5.95. The van der Waals surface area contributed by atoms with Crippen molar-refractivity contribution in [3.8, 4) is 0 Å². The number of amides is 1. The number of rotatable bonds is 4. The van der Waals surface area contributed by atoms with Gasteiger partial charge in [0.05, 0.1) is 24.3 Å². The van der Waals surface area contributed by atoms with Gasteiger partial charge in [0.2, 0.25) is 5.76 Å². The minimum atomic E-state index is -4.80. The predicted octanol–water partition coefficient (Wildman–Crippen LogP) is 1.09. The zero-order valence-electron chi connectivity index (χ0n) is 12.6. The molecule has 1 saturated carbocycles. The van der Waals surface area contributed by atoms with Crippen LogP contribution in [0.2, 0.25) is 0 Å². The maximum absolute atomic E-state index is 12.9. The lowest BCUT2D eigenvalue weighted by atomic mass is 10.1. The first-order valence-corrected chi connectivity index (χ1v) is 6.98. The Morgan fingerprint density at radius 3 is 2.65 bits per heavy atom. The smallest absolute Gasteiger partial charge is 0.450 e. The number of aliphatic hydroxyl groups is 2. The molecule has 0 aromatic carbocycles. The van der Waals surface area contributed by atoms with E-state index in [1.807, 2.05) is 0 Å². The molecule has 4 atom stereocenters. The van der Waals surface area contributed by atoms with Crippen LogP contribution >= 0.6 is 0 Å². The summed E-state index contributed by atoms with van der Waals surface area (Å²) in [6, 6.07) is 0.122. The third kappa shape index (κ3) is 3.67. The van der Waals surface area contributed by atoms with E-state index < -0.39 is 47.6 Å². The largest absolute Gasteiger partial charge is 0.456 e. The SMILES string of the molecule is COCC1CC(NC(=O)c2cc(C)oc2C(F)(F)F)C(O)C1O. The molecule has 1 aliphatic rings. The fourth-order valence-electron chi connectivity index (χ4n) is 2.79. The minimum Gasteiger partial charge on any atom is -0.456 e. The number of hydrogen-bond acceptors (Lipinski definition) is 5. The topological polar surface area (TPSA) is 91.9 Å². The predicted molar refractivity (Wildman–Crippen MR) is 71.7 cm³/mol. The van der Waals surface area contributed by atoms with Crippen molar-refractivity contribution >= 4 is 5.91 Å². The van der Waals surface area contributed by atoms with Gasteiger partial charge >= 0.3 is 6.18 Å². The van der Waals surface area contributed by atoms with Crippen LogP contribution in [0.25, 0.3) is 0 Å². The standard InChI is InChI=1S/C14H18F3NO5/c1-6-3-8(12(23-6)14(15,16)17)13(21)18-9-4-7(5-22-2)10(19)11(9)20/h3,7,9-11,19-20H,4-5H2,1-2H3,(H,18,21). The monoisotopic (exact) mass is 337 g/mol. The summed E-state index contributed by atoms with van der Waals surface area (Å²) < 4.78 is 48.0. The first-order chi connectivity index (χ1) is 10.6. The highest BCUT2D eigenvalue weighted by Crippen LogP contribution is 2.34. The maximum Gasteiger partial charge on any atom is 0.450 e. The number of nitrogens with one attached hydrogen (secondary N) is 1. The van der Waals surface area contributed by atoms with Crippen molar-refractivity contribution in [1.29, 1.82) is 0 Å². The fraction of sp³-hybridized carbons (Fsp3) is 0.643. The van der Waals surface area contributed by atoms with Crippen molar-refractivity contribution in [1.82, 2.24) is 5.32 Å². The summed E-state index contributed by atoms with van der Waals surface area (Å²) >= 11 is 0. The molecule has 23 heavy (non-hydrogen) atoms. The number of methoxy groups -OCH3 is 1. The molecule has 0 aliphatic heterocycles. The number of alkyl halides is 3. The lowest BCUT2D eigenvalue weighted by Crippen LogP contribution is -2.43. The summed E-state index contributed by atoms with van der Waals surface area (Å²) in [7, 11) is 1.43. The average Bonchev–Trinajstić information content (AvgIpc) is 2.96. The average molecular weight is 337 g/mol. The minimum absolute atomic E-state index is 0.0493. The molecule has 1 aromatic rings. The highest BCUT2D eigenvalue weighted by atomic mass is 19.4. The molecule has 1 amide bonds. The van der Waals surface area contributed by atoms with E-state index in [0.29, 0.717) is 0 Å². The van der Waals surface area contributed by atoms with Gasteiger partial charge in [-0.3, -0.25) is 4.79 Å². The van der Waals surface area contributed by atoms with E-state index in [9.17, 15) is 28.2 Å². The zero-order chi connectivity index (χ0) is 17.4. The van der Waals surface area contributed by atoms with Crippen molar-refractivity contribution in [3.05, 3.63) is 23.2 Å². The Morgan fingerprint density at radius 1 is 1.43 bits per heavy atom. The Labute approximate surface area is 130 Å². The molecule has 4 unspecified atom stereocenters. The Morgan fingerprint density at radius 2 is 2.09 bits per heavy atom. The number of furan rings is 1. The van der Waals surface area contributed by atoms with Crippen molar-refractivity contribution in [2.45, 2.75) is 37.8 Å². The first-order valence-electron chi connectivity index (χ1n) is 6.98. The van der Waals surface area contributed by atoms with E-state index in [2.05, 4.69) is 9.73 Å². The second kappa shape index (κ2) is 6.50. The fourth-order valence-corrected chi connectivity index (χ4v) is 2.79. The highest BCUT2D eigenvalue weighted by Gasteiger charge is 2.44. The lowest BCUT2D eigenvalue weighted by molar-refractivity contribution is -0.153. The van der Waals surface area contributed by atoms with Crippen LogP contribution in [0.5, 0.6) is 0 Å². The van der Waals surface area contributed by atoms with Gasteiger partial charge in [0, 0.05) is 13.0 Å². The second-order valence-corrected chi connectivity index (χ2v) is 5.61. The second-order valence-electron chi connectivity index (χ2n) is 5.61. The summed E-state index contributed by atoms with van der Waals surface area (Å²) in [5, 5.41) is 22.1. The van der Waals surface area contributed by atoms with E-state index in [4.69, 9.17) is 4.74 Å². The number of aliphatic hydroxyl groups excluding tert-OH is 2. The molecule has 6 nitrogen and oxygen atoms in total. The van der Waals surface area contributed by atoms with E-state index in [0.717, 1.165) is 6.07 Å². The molecule has 1 aromatic heterocycles. The van der Waals surface area contributed by atoms with E-state index in [-0.39, 0.29) is 18.8 Å². The lowest BCUT2D eigenvalue weighted by Gasteiger charge is -2.18. The number of ether oxygens (including phenoxy) is 1. The zero-order valence-corrected chi connectivity index (χ0v) is 12.6. The molecule has 0 bridgehead atoms. The van der Waals surface area contributed by atoms with Crippen LogP contribution in [0.1, 0.15) is 28.3 Å². The van der Waals surface area contributed by atoms with Crippen LogP contribution < -0.4 is 5.32 Å². The van der Waals surface area contributed by atoms with Gasteiger partial charge in [-0.25, -0.2) is 0 Å². The number of halogens is 3. The third-order valence-electron chi connectivity index (χ3n) is 3.86. The summed E-state index contributed by atoms with van der Waals surface area (Å²) in [5.74, 6) is -2.85. The van der Waals surface area contributed by atoms with Crippen LogP contribution in [0.4, 0.5) is 13.2 Å². The van der Waals surface area contributed by atoms with Gasteiger partial charge in [0.15, 0.2) is 0 Å². The van der Waals surface area contributed by atoms with Gasteiger partial charge in [0.25, 0.3) is 5.91 Å². The van der Waals surface area contributed by atoms with Gasteiger partial charge in [0.1, 0.15) is 11.9 Å². The normalized spacial score (nSPS) is 28.1. The Balaban J connectivity index is 2.14. The molecule has 1 fully saturated rings. The summed E-state index contributed by atoms with van der Waals surface area (Å²) in [6.07, 6.45) is -7.00. The van der Waals surface area contributed by atoms with Gasteiger partial charge in [-0.15, -0.1) is 0 Å². The van der Waals surface area contributed by atoms with E-state index in [1.165, 1.54) is 14.0 Å². The Hall–Kier alpha value is -1.58. The van der Waals surface area contributed by atoms with Crippen molar-refractivity contribution in [2.75, 3.05) is 13.7 Å². The van der Waals surface area contributed by atoms with Gasteiger partial charge in [-0.1, -0.05) is 0 Å². The Kier molecular flexibility index (Phi) is 5.02. The van der Waals surface area contributed by atoms with Crippen LogP contribution in [0.15, 0.2) is 10.5 Å². The molecule has 0 saturated heterocycles. The molecule has 0 radical (unpaired) electrons. The number of hydrogen-bond donors (Lipinski definition) is 3. The molecule has 1 heterocycles. The molecule has 2 rings (SSSR count).